The summed E-state index contributed by atoms with van der Waals surface area (Å²) in [7, 11) is -3.65. The van der Waals surface area contributed by atoms with E-state index in [1.54, 1.807) is 19.1 Å². The Kier molecular flexibility index (Phi) is 4.54. The van der Waals surface area contributed by atoms with Gasteiger partial charge in [0.2, 0.25) is 10.0 Å². The van der Waals surface area contributed by atoms with Crippen molar-refractivity contribution in [3.8, 4) is 5.75 Å². The standard InChI is InChI=1S/C12H19NO3S/c1-4-10(5-2)16-11-6-7-12(9(3)8-11)17(13,14)15/h6-8,10H,4-5H2,1-3H3,(H2,13,14,15). The molecule has 2 N–H and O–H groups in total. The van der Waals surface area contributed by atoms with Crippen LogP contribution in [0.15, 0.2) is 23.1 Å². The van der Waals surface area contributed by atoms with Crippen LogP contribution in [-0.2, 0) is 10.0 Å². The summed E-state index contributed by atoms with van der Waals surface area (Å²) in [5.41, 5.74) is 0.607. The Bertz CT molecular complexity index is 479. The highest BCUT2D eigenvalue weighted by Crippen LogP contribution is 2.22. The van der Waals surface area contributed by atoms with Gasteiger partial charge in [0.1, 0.15) is 5.75 Å². The van der Waals surface area contributed by atoms with E-state index in [1.807, 2.05) is 0 Å². The summed E-state index contributed by atoms with van der Waals surface area (Å²) in [5.74, 6) is 0.684. The van der Waals surface area contributed by atoms with E-state index in [2.05, 4.69) is 13.8 Å². The fraction of sp³-hybridized carbons (Fsp3) is 0.500. The molecule has 0 aliphatic carbocycles. The Morgan fingerprint density at radius 1 is 1.29 bits per heavy atom. The van der Waals surface area contributed by atoms with E-state index < -0.39 is 10.0 Å². The number of rotatable bonds is 5. The minimum absolute atomic E-state index is 0.148. The highest BCUT2D eigenvalue weighted by atomic mass is 32.2. The molecular formula is C12H19NO3S. The van der Waals surface area contributed by atoms with Crippen molar-refractivity contribution in [1.82, 2.24) is 0 Å². The van der Waals surface area contributed by atoms with Gasteiger partial charge in [-0.3, -0.25) is 0 Å². The number of hydrogen-bond donors (Lipinski definition) is 1. The Morgan fingerprint density at radius 2 is 1.88 bits per heavy atom. The van der Waals surface area contributed by atoms with Gasteiger partial charge in [-0.25, -0.2) is 13.6 Å². The van der Waals surface area contributed by atoms with Crippen LogP contribution in [0.25, 0.3) is 0 Å². The second-order valence-electron chi connectivity index (χ2n) is 4.03. The minimum Gasteiger partial charge on any atom is -0.490 e. The van der Waals surface area contributed by atoms with Crippen LogP contribution in [0.5, 0.6) is 5.75 Å². The lowest BCUT2D eigenvalue weighted by molar-refractivity contribution is 0.192. The lowest BCUT2D eigenvalue weighted by Gasteiger charge is -2.16. The van der Waals surface area contributed by atoms with Gasteiger partial charge in [0.05, 0.1) is 11.0 Å². The zero-order chi connectivity index (χ0) is 13.1. The molecule has 4 nitrogen and oxygen atoms in total. The molecule has 0 saturated carbocycles. The van der Waals surface area contributed by atoms with E-state index in [4.69, 9.17) is 9.88 Å². The van der Waals surface area contributed by atoms with Gasteiger partial charge >= 0.3 is 0 Å². The number of hydrogen-bond acceptors (Lipinski definition) is 3. The van der Waals surface area contributed by atoms with Gasteiger partial charge in [0, 0.05) is 0 Å². The van der Waals surface area contributed by atoms with Crippen LogP contribution in [0.2, 0.25) is 0 Å². The molecule has 0 saturated heterocycles. The van der Waals surface area contributed by atoms with E-state index >= 15 is 0 Å². The number of primary sulfonamides is 1. The molecule has 0 spiro atoms. The molecule has 5 heteroatoms. The largest absolute Gasteiger partial charge is 0.490 e. The Hall–Kier alpha value is -1.07. The van der Waals surface area contributed by atoms with Crippen molar-refractivity contribution in [3.63, 3.8) is 0 Å². The number of benzene rings is 1. The maximum absolute atomic E-state index is 11.2. The average molecular weight is 257 g/mol. The van der Waals surface area contributed by atoms with Crippen molar-refractivity contribution in [2.75, 3.05) is 0 Å². The summed E-state index contributed by atoms with van der Waals surface area (Å²) in [6.07, 6.45) is 2.01. The minimum atomic E-state index is -3.65. The van der Waals surface area contributed by atoms with Crippen molar-refractivity contribution in [2.45, 2.75) is 44.6 Å². The molecule has 96 valence electrons. The van der Waals surface area contributed by atoms with Crippen molar-refractivity contribution < 1.29 is 13.2 Å². The van der Waals surface area contributed by atoms with Gasteiger partial charge in [-0.2, -0.15) is 0 Å². The highest BCUT2D eigenvalue weighted by Gasteiger charge is 2.13. The van der Waals surface area contributed by atoms with Crippen LogP contribution in [0.1, 0.15) is 32.3 Å². The van der Waals surface area contributed by atoms with Crippen molar-refractivity contribution in [2.24, 2.45) is 5.14 Å². The Morgan fingerprint density at radius 3 is 2.29 bits per heavy atom. The number of aryl methyl sites for hydroxylation is 1. The maximum Gasteiger partial charge on any atom is 0.238 e. The Balaban J connectivity index is 2.97. The van der Waals surface area contributed by atoms with Crippen LogP contribution in [0.3, 0.4) is 0 Å². The third-order valence-electron chi connectivity index (χ3n) is 2.67. The summed E-state index contributed by atoms with van der Waals surface area (Å²) < 4.78 is 28.2. The molecule has 1 aromatic rings. The normalized spacial score (nSPS) is 11.8. The molecule has 0 aromatic heterocycles. The molecule has 0 atom stereocenters. The first-order valence-electron chi connectivity index (χ1n) is 5.68. The number of ether oxygens (including phenoxy) is 1. The van der Waals surface area contributed by atoms with Crippen LogP contribution in [-0.4, -0.2) is 14.5 Å². The van der Waals surface area contributed by atoms with Gasteiger partial charge < -0.3 is 4.74 Å². The van der Waals surface area contributed by atoms with Crippen molar-refractivity contribution in [3.05, 3.63) is 23.8 Å². The smallest absolute Gasteiger partial charge is 0.238 e. The van der Waals surface area contributed by atoms with Gasteiger partial charge in [-0.1, -0.05) is 13.8 Å². The summed E-state index contributed by atoms with van der Waals surface area (Å²) >= 11 is 0. The average Bonchev–Trinajstić information content (AvgIpc) is 2.24. The number of sulfonamides is 1. The molecule has 1 rings (SSSR count). The zero-order valence-electron chi connectivity index (χ0n) is 10.4. The lowest BCUT2D eigenvalue weighted by Crippen LogP contribution is -2.15. The molecule has 0 radical (unpaired) electrons. The molecular weight excluding hydrogens is 238 g/mol. The third-order valence-corrected chi connectivity index (χ3v) is 3.74. The first-order valence-corrected chi connectivity index (χ1v) is 7.23. The molecule has 17 heavy (non-hydrogen) atoms. The van der Waals surface area contributed by atoms with E-state index in [9.17, 15) is 8.42 Å². The predicted octanol–water partition coefficient (Wildman–Crippen LogP) is 2.21. The van der Waals surface area contributed by atoms with Crippen LogP contribution >= 0.6 is 0 Å². The summed E-state index contributed by atoms with van der Waals surface area (Å²) in [4.78, 5) is 0.148. The fourth-order valence-corrected chi connectivity index (χ4v) is 2.43. The monoisotopic (exact) mass is 257 g/mol. The molecule has 0 fully saturated rings. The van der Waals surface area contributed by atoms with Crippen molar-refractivity contribution >= 4 is 10.0 Å². The second kappa shape index (κ2) is 5.51. The highest BCUT2D eigenvalue weighted by molar-refractivity contribution is 7.89. The maximum atomic E-state index is 11.2. The molecule has 0 heterocycles. The summed E-state index contributed by atoms with van der Waals surface area (Å²) in [6, 6.07) is 4.84. The van der Waals surface area contributed by atoms with E-state index in [1.165, 1.54) is 6.07 Å². The predicted molar refractivity (Wildman–Crippen MR) is 67.6 cm³/mol. The number of nitrogens with two attached hydrogens (primary N) is 1. The molecule has 0 bridgehead atoms. The Labute approximate surface area is 103 Å². The van der Waals surface area contributed by atoms with Gasteiger partial charge in [-0.15, -0.1) is 0 Å². The van der Waals surface area contributed by atoms with Crippen LogP contribution in [0, 0.1) is 6.92 Å². The summed E-state index contributed by atoms with van der Waals surface area (Å²) in [5, 5.41) is 5.09. The summed E-state index contributed by atoms with van der Waals surface area (Å²) in [6.45, 7) is 5.82. The molecule has 0 unspecified atom stereocenters. The van der Waals surface area contributed by atoms with E-state index in [0.717, 1.165) is 12.8 Å². The zero-order valence-corrected chi connectivity index (χ0v) is 11.3. The van der Waals surface area contributed by atoms with Crippen molar-refractivity contribution in [1.29, 1.82) is 0 Å². The lowest BCUT2D eigenvalue weighted by atomic mass is 10.2. The molecule has 0 aliphatic rings. The third kappa shape index (κ3) is 3.71. The quantitative estimate of drug-likeness (QED) is 0.879. The molecule has 1 aromatic carbocycles. The fourth-order valence-electron chi connectivity index (χ4n) is 1.66. The first-order chi connectivity index (χ1) is 7.88. The van der Waals surface area contributed by atoms with Gasteiger partial charge in [-0.05, 0) is 43.5 Å². The topological polar surface area (TPSA) is 69.4 Å². The molecule has 0 aliphatic heterocycles. The first kappa shape index (κ1) is 14.0. The SMILES string of the molecule is CCC(CC)Oc1ccc(S(N)(=O)=O)c(C)c1. The van der Waals surface area contributed by atoms with Crippen LogP contribution < -0.4 is 9.88 Å². The molecule has 0 amide bonds. The van der Waals surface area contributed by atoms with E-state index in [0.29, 0.717) is 11.3 Å². The van der Waals surface area contributed by atoms with Gasteiger partial charge in [0.15, 0.2) is 0 Å². The second-order valence-corrected chi connectivity index (χ2v) is 5.56. The van der Waals surface area contributed by atoms with Crippen LogP contribution in [0.4, 0.5) is 0 Å². The van der Waals surface area contributed by atoms with Gasteiger partial charge in [0.25, 0.3) is 0 Å². The van der Waals surface area contributed by atoms with E-state index in [-0.39, 0.29) is 11.0 Å².